The van der Waals surface area contributed by atoms with Crippen molar-refractivity contribution in [2.45, 2.75) is 11.8 Å². The summed E-state index contributed by atoms with van der Waals surface area (Å²) in [5, 5.41) is 3.52. The Morgan fingerprint density at radius 3 is 1.88 bits per heavy atom. The summed E-state index contributed by atoms with van der Waals surface area (Å²) in [4.78, 5) is 24.9. The first kappa shape index (κ1) is 17.6. The monoisotopic (exact) mass is 371 g/mol. The van der Waals surface area contributed by atoms with Crippen molar-refractivity contribution in [2.24, 2.45) is 0 Å². The molecular formula is C16H10F5N3O2. The van der Waals surface area contributed by atoms with E-state index in [0.717, 1.165) is 48.5 Å². The second-order valence-corrected chi connectivity index (χ2v) is 5.43. The third kappa shape index (κ3) is 2.83. The number of imide groups is 1. The van der Waals surface area contributed by atoms with E-state index in [1.165, 1.54) is 0 Å². The highest BCUT2D eigenvalue weighted by molar-refractivity contribution is 6.24. The largest absolute Gasteiger partial charge is 0.440 e. The van der Waals surface area contributed by atoms with Crippen LogP contribution in [0.5, 0.6) is 0 Å². The number of alkyl halides is 3. The summed E-state index contributed by atoms with van der Waals surface area (Å²) in [6.07, 6.45) is -5.22. The van der Waals surface area contributed by atoms with Crippen molar-refractivity contribution in [3.8, 4) is 0 Å². The molecule has 2 N–H and O–H groups in total. The fourth-order valence-electron chi connectivity index (χ4n) is 2.45. The van der Waals surface area contributed by atoms with Crippen molar-refractivity contribution in [3.05, 3.63) is 60.2 Å². The van der Waals surface area contributed by atoms with Crippen LogP contribution in [0.2, 0.25) is 0 Å². The molecule has 1 atom stereocenters. The van der Waals surface area contributed by atoms with E-state index in [2.05, 4.69) is 0 Å². The number of nitrogens with one attached hydrogen (secondary N) is 2. The first-order valence-electron chi connectivity index (χ1n) is 7.17. The van der Waals surface area contributed by atoms with E-state index in [9.17, 15) is 31.5 Å². The van der Waals surface area contributed by atoms with Gasteiger partial charge in [-0.25, -0.2) is 18.5 Å². The molecule has 0 radical (unpaired) electrons. The van der Waals surface area contributed by atoms with Gasteiger partial charge in [0.05, 0.1) is 5.69 Å². The van der Waals surface area contributed by atoms with Gasteiger partial charge in [0.1, 0.15) is 11.6 Å². The Bertz CT molecular complexity index is 852. The molecule has 10 heteroatoms. The first-order chi connectivity index (χ1) is 12.1. The Morgan fingerprint density at radius 1 is 0.885 bits per heavy atom. The zero-order valence-electron chi connectivity index (χ0n) is 12.8. The molecule has 1 fully saturated rings. The number of hydrogen-bond acceptors (Lipinski definition) is 3. The summed E-state index contributed by atoms with van der Waals surface area (Å²) in [6.45, 7) is 0. The van der Waals surface area contributed by atoms with E-state index < -0.39 is 35.4 Å². The number of amides is 3. The predicted octanol–water partition coefficient (Wildman–Crippen LogP) is 3.39. The molecule has 1 heterocycles. The van der Waals surface area contributed by atoms with Crippen molar-refractivity contribution in [1.29, 1.82) is 0 Å². The molecule has 1 aliphatic rings. The van der Waals surface area contributed by atoms with Gasteiger partial charge in [0, 0.05) is 5.69 Å². The van der Waals surface area contributed by atoms with Gasteiger partial charge in [-0.3, -0.25) is 10.1 Å². The molecule has 0 aromatic heterocycles. The molecular weight excluding hydrogens is 361 g/mol. The van der Waals surface area contributed by atoms with Crippen LogP contribution in [0.1, 0.15) is 0 Å². The van der Waals surface area contributed by atoms with Crippen molar-refractivity contribution >= 4 is 23.3 Å². The van der Waals surface area contributed by atoms with Crippen molar-refractivity contribution in [3.63, 3.8) is 0 Å². The van der Waals surface area contributed by atoms with E-state index in [0.29, 0.717) is 0 Å². The van der Waals surface area contributed by atoms with Crippen LogP contribution < -0.4 is 15.5 Å². The fraction of sp³-hybridized carbons (Fsp3) is 0.125. The molecule has 0 bridgehead atoms. The van der Waals surface area contributed by atoms with Gasteiger partial charge in [0.2, 0.25) is 0 Å². The van der Waals surface area contributed by atoms with E-state index in [1.54, 1.807) is 5.32 Å². The van der Waals surface area contributed by atoms with Crippen LogP contribution in [-0.2, 0) is 4.79 Å². The highest BCUT2D eigenvalue weighted by Crippen LogP contribution is 2.38. The molecule has 0 saturated carbocycles. The van der Waals surface area contributed by atoms with E-state index in [4.69, 9.17) is 0 Å². The lowest BCUT2D eigenvalue weighted by molar-refractivity contribution is -0.185. The number of anilines is 2. The van der Waals surface area contributed by atoms with Crippen LogP contribution in [0.25, 0.3) is 0 Å². The lowest BCUT2D eigenvalue weighted by atomic mass is 10.1. The molecule has 0 spiro atoms. The molecule has 136 valence electrons. The lowest BCUT2D eigenvalue weighted by Gasteiger charge is -2.30. The molecule has 5 nitrogen and oxygen atoms in total. The van der Waals surface area contributed by atoms with Crippen LogP contribution in [0.15, 0.2) is 48.5 Å². The average molecular weight is 371 g/mol. The van der Waals surface area contributed by atoms with Gasteiger partial charge < -0.3 is 5.32 Å². The van der Waals surface area contributed by atoms with Crippen LogP contribution in [-0.4, -0.2) is 23.8 Å². The number of nitrogens with zero attached hydrogens (tertiary/aromatic N) is 1. The third-order valence-electron chi connectivity index (χ3n) is 3.71. The maximum absolute atomic E-state index is 13.7. The summed E-state index contributed by atoms with van der Waals surface area (Å²) in [6, 6.07) is 6.22. The molecule has 1 saturated heterocycles. The van der Waals surface area contributed by atoms with E-state index >= 15 is 0 Å². The van der Waals surface area contributed by atoms with E-state index in [-0.39, 0.29) is 16.3 Å². The zero-order chi connectivity index (χ0) is 19.1. The number of carbonyl (C=O) groups excluding carboxylic acids is 2. The van der Waals surface area contributed by atoms with Crippen LogP contribution in [0.3, 0.4) is 0 Å². The van der Waals surface area contributed by atoms with E-state index in [1.807, 2.05) is 5.32 Å². The molecule has 2 aromatic rings. The smallest absolute Gasteiger partial charge is 0.347 e. The topological polar surface area (TPSA) is 61.4 Å². The number of carbonyl (C=O) groups is 2. The van der Waals surface area contributed by atoms with Crippen molar-refractivity contribution in [1.82, 2.24) is 5.32 Å². The standard InChI is InChI=1S/C16H10F5N3O2/c17-9-1-5-11(6-2-9)22-15(16(19,20)21)13(25)24(14(26)23-15)12-7-3-10(18)4-8-12/h1-8,22H,(H,23,26)/t15-/m0/s1. The molecule has 2 aromatic carbocycles. The summed E-state index contributed by atoms with van der Waals surface area (Å²) in [7, 11) is 0. The van der Waals surface area contributed by atoms with Crippen molar-refractivity contribution < 1.29 is 31.5 Å². The normalized spacial score (nSPS) is 20.3. The minimum Gasteiger partial charge on any atom is -0.347 e. The van der Waals surface area contributed by atoms with Gasteiger partial charge in [0.25, 0.3) is 11.6 Å². The van der Waals surface area contributed by atoms with Gasteiger partial charge in [0.15, 0.2) is 0 Å². The summed E-state index contributed by atoms with van der Waals surface area (Å²) < 4.78 is 67.1. The number of urea groups is 1. The Kier molecular flexibility index (Phi) is 4.05. The van der Waals surface area contributed by atoms with Gasteiger partial charge in [-0.2, -0.15) is 13.2 Å². The molecule has 0 aliphatic carbocycles. The lowest BCUT2D eigenvalue weighted by Crippen LogP contribution is -2.64. The highest BCUT2D eigenvalue weighted by Gasteiger charge is 2.68. The Morgan fingerprint density at radius 2 is 1.38 bits per heavy atom. The van der Waals surface area contributed by atoms with Gasteiger partial charge in [-0.15, -0.1) is 0 Å². The number of benzene rings is 2. The predicted molar refractivity (Wildman–Crippen MR) is 81.2 cm³/mol. The highest BCUT2D eigenvalue weighted by atomic mass is 19.4. The minimum atomic E-state index is -5.22. The van der Waals surface area contributed by atoms with Gasteiger partial charge in [-0.05, 0) is 48.5 Å². The SMILES string of the molecule is O=C1N[C@](Nc2ccc(F)cc2)(C(F)(F)F)C(=O)N1c1ccc(F)cc1. The maximum Gasteiger partial charge on any atom is 0.440 e. The number of halogens is 5. The third-order valence-corrected chi connectivity index (χ3v) is 3.71. The zero-order valence-corrected chi connectivity index (χ0v) is 12.8. The number of rotatable bonds is 3. The van der Waals surface area contributed by atoms with Crippen molar-refractivity contribution in [2.75, 3.05) is 10.2 Å². The molecule has 26 heavy (non-hydrogen) atoms. The maximum atomic E-state index is 13.7. The minimum absolute atomic E-state index is 0.235. The summed E-state index contributed by atoms with van der Waals surface area (Å²) in [5.41, 5.74) is -3.92. The summed E-state index contributed by atoms with van der Waals surface area (Å²) in [5.74, 6) is -3.02. The number of hydrogen-bond donors (Lipinski definition) is 2. The molecule has 3 rings (SSSR count). The quantitative estimate of drug-likeness (QED) is 0.642. The second kappa shape index (κ2) is 5.97. The van der Waals surface area contributed by atoms with Crippen LogP contribution >= 0.6 is 0 Å². The second-order valence-electron chi connectivity index (χ2n) is 5.43. The Balaban J connectivity index is 2.03. The first-order valence-corrected chi connectivity index (χ1v) is 7.17. The molecule has 3 amide bonds. The Labute approximate surface area is 143 Å². The fourth-order valence-corrected chi connectivity index (χ4v) is 2.45. The molecule has 0 unspecified atom stereocenters. The van der Waals surface area contributed by atoms with Gasteiger partial charge in [-0.1, -0.05) is 0 Å². The van der Waals surface area contributed by atoms with Crippen LogP contribution in [0.4, 0.5) is 38.1 Å². The van der Waals surface area contributed by atoms with Gasteiger partial charge >= 0.3 is 12.2 Å². The Hall–Kier alpha value is -3.17. The molecule has 1 aliphatic heterocycles. The summed E-state index contributed by atoms with van der Waals surface area (Å²) >= 11 is 0. The van der Waals surface area contributed by atoms with Crippen LogP contribution in [0, 0.1) is 11.6 Å². The average Bonchev–Trinajstić information content (AvgIpc) is 2.82.